The van der Waals surface area contributed by atoms with E-state index in [9.17, 15) is 0 Å². The van der Waals surface area contributed by atoms with Gasteiger partial charge in [-0.05, 0) is 60.1 Å². The molecule has 0 bridgehead atoms. The van der Waals surface area contributed by atoms with Crippen molar-refractivity contribution in [3.05, 3.63) is 91.0 Å². The molecule has 0 aromatic heterocycles. The molecule has 60 heavy (non-hydrogen) atoms. The lowest BCUT2D eigenvalue weighted by Gasteiger charge is -2.24. The molecule has 10 rings (SSSR count). The van der Waals surface area contributed by atoms with Crippen molar-refractivity contribution in [2.75, 3.05) is 39.6 Å². The van der Waals surface area contributed by atoms with E-state index in [-0.39, 0.29) is 0 Å². The van der Waals surface area contributed by atoms with Gasteiger partial charge in [0.2, 0.25) is 0 Å². The smallest absolute Gasteiger partial charge is 0.119 e. The van der Waals surface area contributed by atoms with Gasteiger partial charge in [0.05, 0.1) is 19.8 Å². The lowest BCUT2D eigenvalue weighted by molar-refractivity contribution is 0.263. The van der Waals surface area contributed by atoms with Crippen LogP contribution in [0.25, 0.3) is 0 Å². The molecule has 7 atom stereocenters. The summed E-state index contributed by atoms with van der Waals surface area (Å²) in [5, 5.41) is 0. The fourth-order valence-corrected chi connectivity index (χ4v) is 7.98. The molecule has 6 heteroatoms. The molecule has 0 amide bonds. The Bertz CT molecular complexity index is 1160. The van der Waals surface area contributed by atoms with Crippen molar-refractivity contribution in [1.82, 2.24) is 0 Å². The minimum Gasteiger partial charge on any atom is -0.491 e. The molecule has 6 nitrogen and oxygen atoms in total. The van der Waals surface area contributed by atoms with Crippen molar-refractivity contribution >= 4 is 0 Å². The first-order chi connectivity index (χ1) is 29.7. The molecule has 7 unspecified atom stereocenters. The summed E-state index contributed by atoms with van der Waals surface area (Å²) in [6.45, 7) is 20.9. The van der Waals surface area contributed by atoms with Crippen molar-refractivity contribution in [1.29, 1.82) is 0 Å². The van der Waals surface area contributed by atoms with E-state index >= 15 is 0 Å². The second kappa shape index (κ2) is 35.5. The molecule has 3 aromatic rings. The first-order valence-electron chi connectivity index (χ1n) is 24.6. The molecule has 4 saturated carbocycles. The first-order valence-corrected chi connectivity index (χ1v) is 24.6. The highest BCUT2D eigenvalue weighted by atomic mass is 16.6. The highest BCUT2D eigenvalue weighted by Crippen LogP contribution is 2.42. The van der Waals surface area contributed by atoms with Gasteiger partial charge in [0.15, 0.2) is 0 Å². The molecule has 3 heterocycles. The molecule has 340 valence electrons. The van der Waals surface area contributed by atoms with Crippen LogP contribution in [0.2, 0.25) is 0 Å². The average Bonchev–Trinajstić information content (AvgIpc) is 4.29. The van der Waals surface area contributed by atoms with E-state index in [2.05, 4.69) is 13.8 Å². The third kappa shape index (κ3) is 25.7. The largest absolute Gasteiger partial charge is 0.491 e. The molecular formula is C54H88O6. The Morgan fingerprint density at radius 2 is 0.567 bits per heavy atom. The van der Waals surface area contributed by atoms with Crippen LogP contribution in [0.3, 0.4) is 0 Å². The Morgan fingerprint density at radius 3 is 0.767 bits per heavy atom. The lowest BCUT2D eigenvalue weighted by atomic mass is 9.82. The Balaban J connectivity index is 0.000000247. The van der Waals surface area contributed by atoms with Crippen LogP contribution < -0.4 is 14.2 Å². The number of ether oxygens (including phenoxy) is 6. The molecule has 0 N–H and O–H groups in total. The first kappa shape index (κ1) is 53.1. The minimum absolute atomic E-state index is 0.343. The molecule has 0 radical (unpaired) electrons. The van der Waals surface area contributed by atoms with Gasteiger partial charge in [0.1, 0.15) is 55.4 Å². The van der Waals surface area contributed by atoms with Crippen LogP contribution in [-0.4, -0.2) is 58.0 Å². The Morgan fingerprint density at radius 1 is 0.367 bits per heavy atom. The van der Waals surface area contributed by atoms with E-state index in [0.717, 1.165) is 37.1 Å². The zero-order valence-electron chi connectivity index (χ0n) is 39.5. The van der Waals surface area contributed by atoms with Crippen molar-refractivity contribution in [2.24, 2.45) is 23.7 Å². The maximum Gasteiger partial charge on any atom is 0.119 e. The van der Waals surface area contributed by atoms with Gasteiger partial charge in [0.25, 0.3) is 0 Å². The SMILES string of the molecule is C1CCC2CCCC2C1.C1CCC2CCCC2C1.CC.CC.CC.CCC.c1ccc(OCC2CO2)cc1.c1ccc(OCC2CO2)cc1.c1ccc(OCC2CO2)cc1. The van der Waals surface area contributed by atoms with E-state index in [1.165, 1.54) is 68.6 Å². The maximum absolute atomic E-state index is 5.40. The molecule has 7 fully saturated rings. The molecule has 3 saturated heterocycles. The summed E-state index contributed by atoms with van der Waals surface area (Å²) >= 11 is 0. The van der Waals surface area contributed by atoms with Crippen LogP contribution in [0.1, 0.15) is 152 Å². The zero-order chi connectivity index (χ0) is 43.5. The van der Waals surface area contributed by atoms with Gasteiger partial charge < -0.3 is 28.4 Å². The topological polar surface area (TPSA) is 65.3 Å². The highest BCUT2D eigenvalue weighted by molar-refractivity contribution is 5.22. The summed E-state index contributed by atoms with van der Waals surface area (Å²) in [7, 11) is 0. The van der Waals surface area contributed by atoms with Gasteiger partial charge in [0, 0.05) is 0 Å². The van der Waals surface area contributed by atoms with Crippen LogP contribution in [0.5, 0.6) is 17.2 Å². The van der Waals surface area contributed by atoms with Gasteiger partial charge in [-0.3, -0.25) is 0 Å². The van der Waals surface area contributed by atoms with E-state index in [4.69, 9.17) is 28.4 Å². The number of epoxide rings is 3. The molecule has 7 aliphatic rings. The van der Waals surface area contributed by atoms with Gasteiger partial charge in [-0.1, -0.05) is 206 Å². The van der Waals surface area contributed by atoms with E-state index in [1.807, 2.05) is 133 Å². The molecule has 0 spiro atoms. The predicted molar refractivity (Wildman–Crippen MR) is 254 cm³/mol. The summed E-state index contributed by atoms with van der Waals surface area (Å²) in [4.78, 5) is 0. The van der Waals surface area contributed by atoms with Crippen LogP contribution in [0.4, 0.5) is 0 Å². The number of rotatable bonds is 9. The Kier molecular flexibility index (Phi) is 31.4. The van der Waals surface area contributed by atoms with Crippen molar-refractivity contribution < 1.29 is 28.4 Å². The molecule has 3 aromatic carbocycles. The number of fused-ring (bicyclic) bond motifs is 2. The maximum atomic E-state index is 5.40. The summed E-state index contributed by atoms with van der Waals surface area (Å²) in [5.41, 5.74) is 0. The van der Waals surface area contributed by atoms with Gasteiger partial charge in [-0.25, -0.2) is 0 Å². The second-order valence-corrected chi connectivity index (χ2v) is 15.9. The summed E-state index contributed by atoms with van der Waals surface area (Å²) in [6, 6.07) is 29.4. The highest BCUT2D eigenvalue weighted by Gasteiger charge is 2.30. The third-order valence-electron chi connectivity index (χ3n) is 11.2. The Hall–Kier alpha value is -3.06. The number of hydrogen-bond donors (Lipinski definition) is 0. The quantitative estimate of drug-likeness (QED) is 0.200. The zero-order valence-corrected chi connectivity index (χ0v) is 39.5. The molecule has 4 aliphatic carbocycles. The number of benzene rings is 3. The van der Waals surface area contributed by atoms with Crippen molar-refractivity contribution in [2.45, 2.75) is 170 Å². The van der Waals surface area contributed by atoms with Gasteiger partial charge in [-0.2, -0.15) is 0 Å². The van der Waals surface area contributed by atoms with Crippen LogP contribution in [-0.2, 0) is 14.2 Å². The fraction of sp³-hybridized carbons (Fsp3) is 0.667. The third-order valence-corrected chi connectivity index (χ3v) is 11.2. The van der Waals surface area contributed by atoms with E-state index in [0.29, 0.717) is 38.1 Å². The summed E-state index contributed by atoms with van der Waals surface area (Å²) < 4.78 is 31.2. The predicted octanol–water partition coefficient (Wildman–Crippen LogP) is 14.8. The van der Waals surface area contributed by atoms with Gasteiger partial charge >= 0.3 is 0 Å². The minimum atomic E-state index is 0.343. The molecule has 3 aliphatic heterocycles. The summed E-state index contributed by atoms with van der Waals surface area (Å²) in [5.74, 6) is 7.42. The summed E-state index contributed by atoms with van der Waals surface area (Å²) in [6.07, 6.45) is 23.9. The number of hydrogen-bond acceptors (Lipinski definition) is 6. The lowest BCUT2D eigenvalue weighted by Crippen LogP contribution is -2.12. The number of para-hydroxylation sites is 3. The van der Waals surface area contributed by atoms with Crippen molar-refractivity contribution in [3.63, 3.8) is 0 Å². The van der Waals surface area contributed by atoms with Crippen LogP contribution >= 0.6 is 0 Å². The standard InChI is InChI=1S/3C9H10O2.2C9H16.C3H8.3C2H6/c3*1-2-4-8(5-3-1)10-6-9-7-11-9;2*1-2-5-9-7-3-6-8(9)4-1;1-3-2;3*1-2/h3*1-5,9H,6-7H2;2*8-9H,1-7H2;3H2,1-2H3;3*1-2H3. The Labute approximate surface area is 368 Å². The fourth-order valence-electron chi connectivity index (χ4n) is 7.98. The van der Waals surface area contributed by atoms with E-state index in [1.54, 1.807) is 51.4 Å². The molecular weight excluding hydrogens is 745 g/mol. The van der Waals surface area contributed by atoms with Gasteiger partial charge in [-0.15, -0.1) is 0 Å². The second-order valence-electron chi connectivity index (χ2n) is 15.9. The monoisotopic (exact) mass is 833 g/mol. The van der Waals surface area contributed by atoms with E-state index < -0.39 is 0 Å². The van der Waals surface area contributed by atoms with Crippen LogP contribution in [0.15, 0.2) is 91.0 Å². The van der Waals surface area contributed by atoms with Crippen LogP contribution in [0, 0.1) is 23.7 Å². The normalized spacial score (nSPS) is 25.1. The average molecular weight is 833 g/mol. The van der Waals surface area contributed by atoms with Crippen molar-refractivity contribution in [3.8, 4) is 17.2 Å².